The number of benzene rings is 3. The Bertz CT molecular complexity index is 1420. The van der Waals surface area contributed by atoms with E-state index in [0.29, 0.717) is 17.0 Å². The molecule has 0 aliphatic rings. The number of nitrogens with one attached hydrogen (secondary N) is 3. The molecule has 0 aromatic heterocycles. The van der Waals surface area contributed by atoms with E-state index in [1.165, 1.54) is 49.4 Å². The van der Waals surface area contributed by atoms with Gasteiger partial charge in [-0.05, 0) is 55.0 Å². The van der Waals surface area contributed by atoms with Crippen LogP contribution in [0, 0.1) is 10.1 Å². The van der Waals surface area contributed by atoms with Crippen LogP contribution in [-0.2, 0) is 14.8 Å². The maximum Gasteiger partial charge on any atom is 0.271 e. The van der Waals surface area contributed by atoms with Crippen molar-refractivity contribution in [3.8, 4) is 0 Å². The molecule has 0 saturated heterocycles. The van der Waals surface area contributed by atoms with Gasteiger partial charge in [-0.3, -0.25) is 24.4 Å². The van der Waals surface area contributed by atoms with Gasteiger partial charge in [0, 0.05) is 36.0 Å². The summed E-state index contributed by atoms with van der Waals surface area (Å²) < 4.78 is 27.4. The maximum atomic E-state index is 12.5. The molecule has 3 aromatic rings. The van der Waals surface area contributed by atoms with Crippen molar-refractivity contribution in [2.45, 2.75) is 18.7 Å². The van der Waals surface area contributed by atoms with Gasteiger partial charge in [0.05, 0.1) is 15.5 Å². The lowest BCUT2D eigenvalue weighted by Gasteiger charge is -2.09. The summed E-state index contributed by atoms with van der Waals surface area (Å²) in [5.41, 5.74) is 4.27. The van der Waals surface area contributed by atoms with Crippen molar-refractivity contribution < 1.29 is 22.9 Å². The van der Waals surface area contributed by atoms with Gasteiger partial charge in [0.25, 0.3) is 21.6 Å². The van der Waals surface area contributed by atoms with Crippen LogP contribution in [0.4, 0.5) is 17.1 Å². The van der Waals surface area contributed by atoms with E-state index >= 15 is 0 Å². The summed E-state index contributed by atoms with van der Waals surface area (Å²) in [6, 6.07) is 17.2. The fraction of sp³-hybridized carbons (Fsp3) is 0.0870. The molecule has 0 aliphatic heterocycles. The normalized spacial score (nSPS) is 11.4. The number of nitrogens with zero attached hydrogens (tertiary/aromatic N) is 2. The van der Waals surface area contributed by atoms with Crippen LogP contribution in [0.25, 0.3) is 0 Å². The average Bonchev–Trinajstić information content (AvgIpc) is 2.82. The minimum Gasteiger partial charge on any atom is -0.326 e. The largest absolute Gasteiger partial charge is 0.326 e. The zero-order valence-electron chi connectivity index (χ0n) is 18.7. The lowest BCUT2D eigenvalue weighted by molar-refractivity contribution is -0.385. The number of hydrogen-bond acceptors (Lipinski definition) is 7. The van der Waals surface area contributed by atoms with Gasteiger partial charge in [-0.2, -0.15) is 5.10 Å². The number of non-ortho nitro benzene ring substituents is 1. The van der Waals surface area contributed by atoms with Gasteiger partial charge in [0.1, 0.15) is 0 Å². The van der Waals surface area contributed by atoms with E-state index in [9.17, 15) is 28.1 Å². The topological polar surface area (TPSA) is 160 Å². The van der Waals surface area contributed by atoms with E-state index in [0.717, 1.165) is 6.07 Å². The summed E-state index contributed by atoms with van der Waals surface area (Å²) >= 11 is 0. The van der Waals surface area contributed by atoms with Crippen molar-refractivity contribution in [3.63, 3.8) is 0 Å². The molecule has 0 saturated carbocycles. The van der Waals surface area contributed by atoms with Crippen LogP contribution in [0.2, 0.25) is 0 Å². The molecule has 0 atom stereocenters. The van der Waals surface area contributed by atoms with Gasteiger partial charge in [-0.25, -0.2) is 13.8 Å². The number of carbonyl (C=O) groups excluding carboxylic acids is 2. The van der Waals surface area contributed by atoms with Crippen molar-refractivity contribution in [1.82, 2.24) is 5.43 Å². The van der Waals surface area contributed by atoms with E-state index < -0.39 is 20.9 Å². The van der Waals surface area contributed by atoms with E-state index in [2.05, 4.69) is 20.6 Å². The molecule has 0 radical (unpaired) electrons. The Hall–Kier alpha value is -4.58. The van der Waals surface area contributed by atoms with E-state index in [-0.39, 0.29) is 27.7 Å². The van der Waals surface area contributed by atoms with Crippen molar-refractivity contribution in [2.24, 2.45) is 5.10 Å². The lowest BCUT2D eigenvalue weighted by Crippen LogP contribution is -2.19. The molecule has 3 aromatic carbocycles. The Morgan fingerprint density at radius 3 is 2.23 bits per heavy atom. The Labute approximate surface area is 201 Å². The van der Waals surface area contributed by atoms with Gasteiger partial charge >= 0.3 is 0 Å². The monoisotopic (exact) mass is 495 g/mol. The molecule has 0 fully saturated rings. The zero-order chi connectivity index (χ0) is 25.6. The van der Waals surface area contributed by atoms with Crippen LogP contribution in [-0.4, -0.2) is 30.9 Å². The Balaban J connectivity index is 1.67. The molecule has 0 unspecified atom stereocenters. The number of sulfonamides is 1. The molecule has 11 nitrogen and oxygen atoms in total. The SMILES string of the molecule is CC(=O)Nc1cccc(C(C)=NNC(=O)c2ccc(NS(=O)(=O)c3cccc([N+](=O)[O-])c3)cc2)c1. The number of rotatable bonds is 8. The van der Waals surface area contributed by atoms with Crippen LogP contribution < -0.4 is 15.5 Å². The molecular formula is C23H21N5O6S. The molecule has 3 rings (SSSR count). The highest BCUT2D eigenvalue weighted by molar-refractivity contribution is 7.92. The molecule has 0 aliphatic carbocycles. The predicted octanol–water partition coefficient (Wildman–Crippen LogP) is 3.51. The number of nitro groups is 1. The molecule has 35 heavy (non-hydrogen) atoms. The van der Waals surface area contributed by atoms with E-state index in [1.807, 2.05) is 0 Å². The third-order valence-corrected chi connectivity index (χ3v) is 6.04. The average molecular weight is 496 g/mol. The molecule has 0 bridgehead atoms. The second-order valence-corrected chi connectivity index (χ2v) is 9.02. The van der Waals surface area contributed by atoms with Crippen LogP contribution >= 0.6 is 0 Å². The van der Waals surface area contributed by atoms with Crippen molar-refractivity contribution >= 4 is 44.6 Å². The summed E-state index contributed by atoms with van der Waals surface area (Å²) in [5.74, 6) is -0.726. The van der Waals surface area contributed by atoms with E-state index in [4.69, 9.17) is 0 Å². The summed E-state index contributed by atoms with van der Waals surface area (Å²) in [6.07, 6.45) is 0. The number of carbonyl (C=O) groups is 2. The summed E-state index contributed by atoms with van der Waals surface area (Å²) in [4.78, 5) is 33.6. The Kier molecular flexibility index (Phi) is 7.56. The van der Waals surface area contributed by atoms with Gasteiger partial charge in [-0.15, -0.1) is 0 Å². The molecule has 3 N–H and O–H groups in total. The quantitative estimate of drug-likeness (QED) is 0.246. The standard InChI is InChI=1S/C23H21N5O6S/c1-15(18-5-3-6-20(13-18)24-16(2)29)25-26-23(30)17-9-11-19(12-10-17)27-35(33,34)22-8-4-7-21(14-22)28(31)32/h3-14,27H,1-2H3,(H,24,29)(H,26,30). The summed E-state index contributed by atoms with van der Waals surface area (Å²) in [6.45, 7) is 3.09. The highest BCUT2D eigenvalue weighted by Crippen LogP contribution is 2.21. The van der Waals surface area contributed by atoms with Crippen LogP contribution in [0.3, 0.4) is 0 Å². The number of hydrazone groups is 1. The third kappa shape index (κ3) is 6.71. The Morgan fingerprint density at radius 1 is 0.886 bits per heavy atom. The fourth-order valence-electron chi connectivity index (χ4n) is 2.96. The van der Waals surface area contributed by atoms with Gasteiger partial charge in [0.2, 0.25) is 5.91 Å². The van der Waals surface area contributed by atoms with Crippen molar-refractivity contribution in [1.29, 1.82) is 0 Å². The minimum absolute atomic E-state index is 0.169. The van der Waals surface area contributed by atoms with Gasteiger partial charge in [0.15, 0.2) is 0 Å². The highest BCUT2D eigenvalue weighted by atomic mass is 32.2. The first kappa shape index (κ1) is 25.1. The lowest BCUT2D eigenvalue weighted by atomic mass is 10.1. The van der Waals surface area contributed by atoms with Crippen molar-refractivity contribution in [2.75, 3.05) is 10.0 Å². The number of anilines is 2. The molecule has 12 heteroatoms. The first-order valence-corrected chi connectivity index (χ1v) is 11.6. The first-order valence-electron chi connectivity index (χ1n) is 10.1. The maximum absolute atomic E-state index is 12.5. The van der Waals surface area contributed by atoms with Crippen LogP contribution in [0.5, 0.6) is 0 Å². The van der Waals surface area contributed by atoms with Crippen LogP contribution in [0.1, 0.15) is 29.8 Å². The second-order valence-electron chi connectivity index (χ2n) is 7.34. The molecule has 0 heterocycles. The smallest absolute Gasteiger partial charge is 0.271 e. The Morgan fingerprint density at radius 2 is 1.57 bits per heavy atom. The predicted molar refractivity (Wildman–Crippen MR) is 131 cm³/mol. The summed E-state index contributed by atoms with van der Waals surface area (Å²) in [5, 5.41) is 17.6. The van der Waals surface area contributed by atoms with Gasteiger partial charge < -0.3 is 5.32 Å². The molecule has 2 amide bonds. The third-order valence-electron chi connectivity index (χ3n) is 4.66. The number of hydrogen-bond donors (Lipinski definition) is 3. The minimum atomic E-state index is -4.07. The number of amides is 2. The van der Waals surface area contributed by atoms with Crippen molar-refractivity contribution in [3.05, 3.63) is 94.0 Å². The molecule has 180 valence electrons. The van der Waals surface area contributed by atoms with E-state index in [1.54, 1.807) is 31.2 Å². The second kappa shape index (κ2) is 10.6. The van der Waals surface area contributed by atoms with Crippen LogP contribution in [0.15, 0.2) is 82.8 Å². The van der Waals surface area contributed by atoms with Gasteiger partial charge in [-0.1, -0.05) is 18.2 Å². The molecule has 0 spiro atoms. The molecular weight excluding hydrogens is 474 g/mol. The summed E-state index contributed by atoms with van der Waals surface area (Å²) in [7, 11) is -4.07. The number of nitro benzene ring substituents is 1. The highest BCUT2D eigenvalue weighted by Gasteiger charge is 2.18. The zero-order valence-corrected chi connectivity index (χ0v) is 19.5. The fourth-order valence-corrected chi connectivity index (χ4v) is 4.05. The first-order chi connectivity index (χ1) is 16.5.